The van der Waals surface area contributed by atoms with Crippen LogP contribution in [0.2, 0.25) is 0 Å². The molecule has 1 aromatic carbocycles. The van der Waals surface area contributed by atoms with Gasteiger partial charge in [-0.05, 0) is 144 Å². The van der Waals surface area contributed by atoms with Gasteiger partial charge < -0.3 is 33.7 Å². The second-order valence-corrected chi connectivity index (χ2v) is 21.9. The van der Waals surface area contributed by atoms with Crippen LogP contribution in [-0.2, 0) is 44.4 Å². The van der Waals surface area contributed by atoms with E-state index in [2.05, 4.69) is 18.7 Å². The molecule has 2 aromatic heterocycles. The fraction of sp³-hybridized carbons (Fsp3) is 0.679. The van der Waals surface area contributed by atoms with Crippen LogP contribution in [0.25, 0.3) is 22.3 Å². The van der Waals surface area contributed by atoms with Crippen molar-refractivity contribution in [2.75, 3.05) is 53.4 Å². The van der Waals surface area contributed by atoms with E-state index in [9.17, 15) is 24.3 Å². The number of aliphatic hydroxyl groups is 1. The Morgan fingerprint density at radius 1 is 0.939 bits per heavy atom. The summed E-state index contributed by atoms with van der Waals surface area (Å²) in [5.74, 6) is 3.24. The quantitative estimate of drug-likeness (QED) is 0.110. The molecule has 3 aliphatic heterocycles. The summed E-state index contributed by atoms with van der Waals surface area (Å²) >= 11 is 0. The summed E-state index contributed by atoms with van der Waals surface area (Å²) in [6, 6.07) is 7.41. The zero-order valence-electron chi connectivity index (χ0n) is 40.0. The van der Waals surface area contributed by atoms with Crippen molar-refractivity contribution in [3.63, 3.8) is 0 Å². The van der Waals surface area contributed by atoms with Crippen molar-refractivity contribution < 1.29 is 33.7 Å². The predicted molar refractivity (Wildman–Crippen MR) is 251 cm³/mol. The first-order valence-electron chi connectivity index (χ1n) is 25.3. The maximum absolute atomic E-state index is 13.7. The van der Waals surface area contributed by atoms with Crippen molar-refractivity contribution >= 4 is 28.7 Å². The Balaban J connectivity index is 0.692. The van der Waals surface area contributed by atoms with Crippen LogP contribution in [0.4, 0.5) is 4.79 Å². The van der Waals surface area contributed by atoms with Crippen LogP contribution < -0.4 is 10.3 Å². The number of unbranched alkanes of at least 4 members (excludes halogenated alkanes) is 3. The monoisotopic (exact) mass is 906 g/mol. The highest BCUT2D eigenvalue weighted by Gasteiger charge is 2.60. The van der Waals surface area contributed by atoms with Crippen molar-refractivity contribution in [2.24, 2.45) is 34.5 Å². The maximum atomic E-state index is 13.7. The standard InChI is InChI=1S/C53H71N5O8/c1-6-53(63)42-29-44-47-33(30-58(44)48(60)39(42)32-65-49(53)61)27-37-38(31-55(4)5)45(15-14-43(37)54-47)66-50(62)57-24-22-56(23-25-57)21-9-7-8-10-26-64-46-16-13-40-36-12-11-34-28-35(59)17-19-51(34,2)41(36)18-20-52(40,46)3/h14-15,27,29,34,36,40-41,46,63H,6-13,16-26,28,30-32H2,1-5H3/t34-,36-,40-,41-,46-,51-,52-,53?/m1/s1. The SMILES string of the molecule is CCC1(O)C(=O)OCc2c1cc1n(c2=O)Cc2cc3c(CN(C)C)c(OC(=O)N4CCN(CCCCCCO[C@@H]5CC[C@@H]6[C@H]7CC[C@@H]8CC(=O)CC[C@@]8(C)[C@@H]7CC[C@]65C)CC4)ccc3nc2-1. The first-order valence-corrected chi connectivity index (χ1v) is 25.3. The number of aromatic nitrogens is 2. The summed E-state index contributed by atoms with van der Waals surface area (Å²) in [6.45, 7) is 12.2. The maximum Gasteiger partial charge on any atom is 0.415 e. The highest BCUT2D eigenvalue weighted by molar-refractivity contribution is 5.90. The number of Topliss-reactive ketones (excluding diaryl/α,β-unsaturated/α-hetero) is 1. The second kappa shape index (κ2) is 17.7. The number of rotatable bonds is 12. The van der Waals surface area contributed by atoms with Gasteiger partial charge in [-0.15, -0.1) is 0 Å². The van der Waals surface area contributed by atoms with Gasteiger partial charge in [-0.25, -0.2) is 14.6 Å². The minimum absolute atomic E-state index is 0.0802. The lowest BCUT2D eigenvalue weighted by atomic mass is 9.45. The molecule has 8 atom stereocenters. The van der Waals surface area contributed by atoms with E-state index in [0.717, 1.165) is 92.6 Å². The third-order valence-corrected chi connectivity index (χ3v) is 18.1. The van der Waals surface area contributed by atoms with E-state index in [1.807, 2.05) is 37.2 Å². The fourth-order valence-electron chi connectivity index (χ4n) is 14.3. The predicted octanol–water partition coefficient (Wildman–Crippen LogP) is 7.82. The Bertz CT molecular complexity index is 2460. The normalized spacial score (nSPS) is 31.5. The van der Waals surface area contributed by atoms with Crippen molar-refractivity contribution in [3.8, 4) is 17.1 Å². The number of pyridine rings is 2. The van der Waals surface area contributed by atoms with E-state index < -0.39 is 11.6 Å². The van der Waals surface area contributed by atoms with Crippen LogP contribution in [0.15, 0.2) is 29.1 Å². The van der Waals surface area contributed by atoms with E-state index in [-0.39, 0.29) is 42.4 Å². The third kappa shape index (κ3) is 7.81. The second-order valence-electron chi connectivity index (χ2n) is 21.9. The van der Waals surface area contributed by atoms with E-state index in [4.69, 9.17) is 19.2 Å². The summed E-state index contributed by atoms with van der Waals surface area (Å²) in [7, 11) is 3.94. The molecule has 1 unspecified atom stereocenters. The average molecular weight is 906 g/mol. The molecule has 1 N–H and O–H groups in total. The van der Waals surface area contributed by atoms with E-state index in [1.165, 1.54) is 51.4 Å². The molecule has 7 aliphatic rings. The van der Waals surface area contributed by atoms with Crippen molar-refractivity contribution in [2.45, 2.75) is 142 Å². The minimum Gasteiger partial charge on any atom is -0.458 e. The number of ketones is 1. The molecule has 13 nitrogen and oxygen atoms in total. The molecule has 3 aromatic rings. The first-order chi connectivity index (χ1) is 31.7. The van der Waals surface area contributed by atoms with Crippen molar-refractivity contribution in [3.05, 3.63) is 56.9 Å². The number of cyclic esters (lactones) is 1. The van der Waals surface area contributed by atoms with Gasteiger partial charge in [-0.2, -0.15) is 0 Å². The lowest BCUT2D eigenvalue weighted by molar-refractivity contribution is -0.172. The van der Waals surface area contributed by atoms with Gasteiger partial charge in [0, 0.05) is 74.2 Å². The third-order valence-electron chi connectivity index (χ3n) is 18.1. The van der Waals surface area contributed by atoms with Gasteiger partial charge in [0.15, 0.2) is 5.60 Å². The van der Waals surface area contributed by atoms with Crippen LogP contribution in [0.1, 0.15) is 133 Å². The largest absolute Gasteiger partial charge is 0.458 e. The Kier molecular flexibility index (Phi) is 12.2. The number of nitrogens with zero attached hydrogens (tertiary/aromatic N) is 5. The molecule has 0 bridgehead atoms. The van der Waals surface area contributed by atoms with Crippen LogP contribution in [0.5, 0.6) is 5.75 Å². The highest BCUT2D eigenvalue weighted by atomic mass is 16.6. The fourth-order valence-corrected chi connectivity index (χ4v) is 14.3. The molecule has 1 saturated heterocycles. The van der Waals surface area contributed by atoms with Gasteiger partial charge in [0.05, 0.1) is 35.1 Å². The smallest absolute Gasteiger partial charge is 0.415 e. The van der Waals surface area contributed by atoms with Crippen molar-refractivity contribution in [1.82, 2.24) is 24.3 Å². The summed E-state index contributed by atoms with van der Waals surface area (Å²) in [5, 5.41) is 12.1. The van der Waals surface area contributed by atoms with Crippen LogP contribution in [-0.4, -0.2) is 107 Å². The number of carbonyl (C=O) groups is 3. The van der Waals surface area contributed by atoms with E-state index >= 15 is 0 Å². The molecular weight excluding hydrogens is 835 g/mol. The number of carbonyl (C=O) groups excluding carboxylic acids is 3. The summed E-state index contributed by atoms with van der Waals surface area (Å²) < 4.78 is 19.8. The number of fused-ring (bicyclic) bond motifs is 10. The Hall–Kier alpha value is -4.17. The Labute approximate surface area is 389 Å². The number of hydrogen-bond donors (Lipinski definition) is 1. The zero-order valence-corrected chi connectivity index (χ0v) is 40.0. The highest BCUT2D eigenvalue weighted by Crippen LogP contribution is 2.66. The van der Waals surface area contributed by atoms with Gasteiger partial charge in [-0.3, -0.25) is 14.5 Å². The molecule has 10 rings (SSSR count). The lowest BCUT2D eigenvalue weighted by Gasteiger charge is -2.60. The van der Waals surface area contributed by atoms with Crippen LogP contribution in [0.3, 0.4) is 0 Å². The van der Waals surface area contributed by atoms with Crippen molar-refractivity contribution in [1.29, 1.82) is 0 Å². The molecular formula is C53H71N5O8. The topological polar surface area (TPSA) is 144 Å². The molecule has 1 amide bonds. The van der Waals surface area contributed by atoms with Crippen LogP contribution in [0, 0.1) is 34.5 Å². The number of hydrogen-bond acceptors (Lipinski definition) is 11. The molecule has 0 radical (unpaired) electrons. The Morgan fingerprint density at radius 3 is 2.52 bits per heavy atom. The number of esters is 1. The molecule has 4 aliphatic carbocycles. The summed E-state index contributed by atoms with van der Waals surface area (Å²) in [5.41, 5.74) is 2.62. The molecule has 13 heteroatoms. The van der Waals surface area contributed by atoms with E-state index in [1.54, 1.807) is 22.5 Å². The first kappa shape index (κ1) is 45.6. The van der Waals surface area contributed by atoms with Gasteiger partial charge in [-0.1, -0.05) is 33.6 Å². The number of amides is 1. The van der Waals surface area contributed by atoms with Gasteiger partial charge >= 0.3 is 12.1 Å². The minimum atomic E-state index is -1.89. The molecule has 356 valence electrons. The van der Waals surface area contributed by atoms with E-state index in [0.29, 0.717) is 70.9 Å². The molecule has 5 heterocycles. The Morgan fingerprint density at radius 2 is 1.73 bits per heavy atom. The van der Waals surface area contributed by atoms with Gasteiger partial charge in [0.2, 0.25) is 0 Å². The zero-order chi connectivity index (χ0) is 46.1. The van der Waals surface area contributed by atoms with Crippen LogP contribution >= 0.6 is 0 Å². The average Bonchev–Trinajstić information content (AvgIpc) is 3.84. The lowest BCUT2D eigenvalue weighted by Crippen LogP contribution is -2.54. The molecule has 4 saturated carbocycles. The number of piperazine rings is 1. The van der Waals surface area contributed by atoms with Gasteiger partial charge in [0.25, 0.3) is 5.56 Å². The molecule has 0 spiro atoms. The number of benzene rings is 1. The summed E-state index contributed by atoms with van der Waals surface area (Å²) in [4.78, 5) is 63.7. The summed E-state index contributed by atoms with van der Waals surface area (Å²) in [6.07, 6.45) is 15.2. The van der Waals surface area contributed by atoms with Gasteiger partial charge in [0.1, 0.15) is 18.1 Å². The molecule has 66 heavy (non-hydrogen) atoms. The molecule has 5 fully saturated rings. The number of ether oxygens (including phenoxy) is 3.